The van der Waals surface area contributed by atoms with Crippen molar-refractivity contribution in [2.45, 2.75) is 26.1 Å². The number of rotatable bonds is 8. The summed E-state index contributed by atoms with van der Waals surface area (Å²) in [5, 5.41) is 11.5. The van der Waals surface area contributed by atoms with Crippen LogP contribution in [0.3, 0.4) is 0 Å². The summed E-state index contributed by atoms with van der Waals surface area (Å²) in [4.78, 5) is 4.18. The molecule has 0 aliphatic rings. The van der Waals surface area contributed by atoms with Crippen LogP contribution in [0.15, 0.2) is 24.7 Å². The number of aromatic nitrogens is 4. The molecule has 2 rings (SSSR count). The Hall–Kier alpha value is -1.99. The van der Waals surface area contributed by atoms with Gasteiger partial charge in [0.15, 0.2) is 0 Å². The zero-order chi connectivity index (χ0) is 15.1. The smallest absolute Gasteiger partial charge is 0.212 e. The second-order valence-electron chi connectivity index (χ2n) is 4.69. The number of pyridine rings is 1. The average molecular weight is 291 g/mol. The second-order valence-corrected chi connectivity index (χ2v) is 4.69. The molecule has 0 bridgehead atoms. The molecule has 21 heavy (non-hydrogen) atoms. The molecule has 2 heterocycles. The van der Waals surface area contributed by atoms with Crippen molar-refractivity contribution in [2.75, 3.05) is 20.8 Å². The van der Waals surface area contributed by atoms with E-state index in [0.717, 1.165) is 17.9 Å². The predicted octanol–water partition coefficient (Wildman–Crippen LogP) is 1.18. The van der Waals surface area contributed by atoms with Gasteiger partial charge in [-0.2, -0.15) is 0 Å². The molecular weight excluding hydrogens is 270 g/mol. The zero-order valence-corrected chi connectivity index (χ0v) is 12.6. The summed E-state index contributed by atoms with van der Waals surface area (Å²) in [5.74, 6) is 1.51. The fourth-order valence-corrected chi connectivity index (χ4v) is 1.96. The minimum atomic E-state index is 0.0893. The van der Waals surface area contributed by atoms with Crippen molar-refractivity contribution in [1.29, 1.82) is 0 Å². The highest BCUT2D eigenvalue weighted by molar-refractivity contribution is 5.17. The summed E-state index contributed by atoms with van der Waals surface area (Å²) in [5.41, 5.74) is 1.09. The van der Waals surface area contributed by atoms with Crippen LogP contribution in [-0.4, -0.2) is 40.6 Å². The summed E-state index contributed by atoms with van der Waals surface area (Å²) in [6.45, 7) is 4.15. The number of ether oxygens (including phenoxy) is 2. The molecule has 0 radical (unpaired) electrons. The van der Waals surface area contributed by atoms with E-state index < -0.39 is 0 Å². The van der Waals surface area contributed by atoms with Gasteiger partial charge in [-0.05, 0) is 12.5 Å². The minimum Gasteiger partial charge on any atom is -0.481 e. The van der Waals surface area contributed by atoms with E-state index in [0.29, 0.717) is 19.0 Å². The highest BCUT2D eigenvalue weighted by atomic mass is 16.5. The Kier molecular flexibility index (Phi) is 5.65. The van der Waals surface area contributed by atoms with Gasteiger partial charge in [0.25, 0.3) is 0 Å². The molecule has 0 amide bonds. The number of nitrogens with zero attached hydrogens (tertiary/aromatic N) is 4. The quantitative estimate of drug-likeness (QED) is 0.787. The molecule has 0 saturated heterocycles. The van der Waals surface area contributed by atoms with Crippen molar-refractivity contribution in [3.8, 4) is 5.88 Å². The topological polar surface area (TPSA) is 74.1 Å². The van der Waals surface area contributed by atoms with Crippen LogP contribution >= 0.6 is 0 Å². The molecule has 1 N–H and O–H groups in total. The summed E-state index contributed by atoms with van der Waals surface area (Å²) in [7, 11) is 3.29. The average Bonchev–Trinajstić information content (AvgIpc) is 2.99. The fourth-order valence-electron chi connectivity index (χ4n) is 1.96. The Morgan fingerprint density at radius 1 is 1.33 bits per heavy atom. The monoisotopic (exact) mass is 291 g/mol. The van der Waals surface area contributed by atoms with Gasteiger partial charge in [-0.15, -0.1) is 10.2 Å². The standard InChI is InChI=1S/C14H21N5O2/c1-11(14-18-17-10-19(14)6-7-20-2)15-8-12-4-5-13(21-3)16-9-12/h4-5,9-11,15H,6-8H2,1-3H3. The van der Waals surface area contributed by atoms with Gasteiger partial charge in [0.05, 0.1) is 19.8 Å². The maximum absolute atomic E-state index is 5.08. The number of hydrogen-bond acceptors (Lipinski definition) is 6. The van der Waals surface area contributed by atoms with Crippen molar-refractivity contribution in [3.63, 3.8) is 0 Å². The van der Waals surface area contributed by atoms with Gasteiger partial charge in [-0.25, -0.2) is 4.98 Å². The molecule has 2 aromatic heterocycles. The molecule has 0 spiro atoms. The molecule has 1 unspecified atom stereocenters. The third-order valence-electron chi connectivity index (χ3n) is 3.19. The zero-order valence-electron chi connectivity index (χ0n) is 12.6. The van der Waals surface area contributed by atoms with Gasteiger partial charge in [0.1, 0.15) is 12.2 Å². The van der Waals surface area contributed by atoms with Crippen LogP contribution in [0.5, 0.6) is 5.88 Å². The van der Waals surface area contributed by atoms with Crippen LogP contribution < -0.4 is 10.1 Å². The molecule has 0 aromatic carbocycles. The lowest BCUT2D eigenvalue weighted by molar-refractivity contribution is 0.185. The second kappa shape index (κ2) is 7.70. The van der Waals surface area contributed by atoms with Crippen molar-refractivity contribution in [3.05, 3.63) is 36.0 Å². The van der Waals surface area contributed by atoms with E-state index in [1.807, 2.05) is 16.7 Å². The third-order valence-corrected chi connectivity index (χ3v) is 3.19. The van der Waals surface area contributed by atoms with Crippen LogP contribution in [0.2, 0.25) is 0 Å². The Labute approximate surface area is 124 Å². The van der Waals surface area contributed by atoms with E-state index in [2.05, 4.69) is 27.4 Å². The van der Waals surface area contributed by atoms with Gasteiger partial charge >= 0.3 is 0 Å². The molecule has 7 heteroatoms. The van der Waals surface area contributed by atoms with Crippen molar-refractivity contribution in [2.24, 2.45) is 0 Å². The summed E-state index contributed by atoms with van der Waals surface area (Å²) >= 11 is 0. The molecule has 0 aliphatic carbocycles. The first-order valence-electron chi connectivity index (χ1n) is 6.83. The molecular formula is C14H21N5O2. The molecule has 1 atom stereocenters. The van der Waals surface area contributed by atoms with E-state index in [-0.39, 0.29) is 6.04 Å². The van der Waals surface area contributed by atoms with Crippen LogP contribution in [0.1, 0.15) is 24.4 Å². The normalized spacial score (nSPS) is 12.3. The van der Waals surface area contributed by atoms with Crippen LogP contribution in [0.4, 0.5) is 0 Å². The minimum absolute atomic E-state index is 0.0893. The van der Waals surface area contributed by atoms with Crippen molar-refractivity contribution in [1.82, 2.24) is 25.1 Å². The molecule has 0 aliphatic heterocycles. The Morgan fingerprint density at radius 2 is 2.19 bits per heavy atom. The van der Waals surface area contributed by atoms with Gasteiger partial charge in [-0.1, -0.05) is 6.07 Å². The van der Waals surface area contributed by atoms with Gasteiger partial charge in [0.2, 0.25) is 5.88 Å². The number of methoxy groups -OCH3 is 2. The predicted molar refractivity (Wildman–Crippen MR) is 77.9 cm³/mol. The Morgan fingerprint density at radius 3 is 2.86 bits per heavy atom. The van der Waals surface area contributed by atoms with E-state index in [1.165, 1.54) is 0 Å². The van der Waals surface area contributed by atoms with E-state index in [1.54, 1.807) is 26.7 Å². The largest absolute Gasteiger partial charge is 0.481 e. The summed E-state index contributed by atoms with van der Waals surface area (Å²) < 4.78 is 12.1. The highest BCUT2D eigenvalue weighted by Gasteiger charge is 2.12. The highest BCUT2D eigenvalue weighted by Crippen LogP contribution is 2.11. The van der Waals surface area contributed by atoms with Crippen LogP contribution in [-0.2, 0) is 17.8 Å². The molecule has 114 valence electrons. The maximum atomic E-state index is 5.08. The SMILES string of the molecule is COCCn1cnnc1C(C)NCc1ccc(OC)nc1. The van der Waals surface area contributed by atoms with Crippen LogP contribution in [0, 0.1) is 0 Å². The number of hydrogen-bond donors (Lipinski definition) is 1. The van der Waals surface area contributed by atoms with Gasteiger partial charge in [0, 0.05) is 32.5 Å². The Balaban J connectivity index is 1.91. The van der Waals surface area contributed by atoms with Crippen LogP contribution in [0.25, 0.3) is 0 Å². The molecule has 0 fully saturated rings. The lowest BCUT2D eigenvalue weighted by atomic mass is 10.2. The third kappa shape index (κ3) is 4.24. The van der Waals surface area contributed by atoms with Crippen molar-refractivity contribution < 1.29 is 9.47 Å². The van der Waals surface area contributed by atoms with Gasteiger partial charge in [-0.3, -0.25) is 0 Å². The fraction of sp³-hybridized carbons (Fsp3) is 0.500. The molecule has 2 aromatic rings. The molecule has 7 nitrogen and oxygen atoms in total. The van der Waals surface area contributed by atoms with E-state index in [9.17, 15) is 0 Å². The Bertz CT molecular complexity index is 541. The molecule has 0 saturated carbocycles. The van der Waals surface area contributed by atoms with Gasteiger partial charge < -0.3 is 19.4 Å². The number of nitrogens with one attached hydrogen (secondary N) is 1. The van der Waals surface area contributed by atoms with Crippen molar-refractivity contribution >= 4 is 0 Å². The first kappa shape index (κ1) is 15.4. The summed E-state index contributed by atoms with van der Waals surface area (Å²) in [6.07, 6.45) is 3.52. The summed E-state index contributed by atoms with van der Waals surface area (Å²) in [6, 6.07) is 3.93. The first-order valence-corrected chi connectivity index (χ1v) is 6.83. The van der Waals surface area contributed by atoms with E-state index >= 15 is 0 Å². The van der Waals surface area contributed by atoms with E-state index in [4.69, 9.17) is 9.47 Å². The first-order chi connectivity index (χ1) is 10.2. The lowest BCUT2D eigenvalue weighted by Crippen LogP contribution is -2.22. The maximum Gasteiger partial charge on any atom is 0.212 e. The lowest BCUT2D eigenvalue weighted by Gasteiger charge is -2.14.